The van der Waals surface area contributed by atoms with Crippen LogP contribution in [-0.2, 0) is 14.8 Å². The van der Waals surface area contributed by atoms with E-state index in [1.165, 1.54) is 24.3 Å². The van der Waals surface area contributed by atoms with Crippen LogP contribution in [0.2, 0.25) is 10.0 Å². The molecule has 0 bridgehead atoms. The fourth-order valence-corrected chi connectivity index (χ4v) is 3.39. The van der Waals surface area contributed by atoms with E-state index in [1.54, 1.807) is 25.3 Å². The summed E-state index contributed by atoms with van der Waals surface area (Å²) in [6.07, 6.45) is 0. The maximum Gasteiger partial charge on any atom is 0.261 e. The molecule has 8 heteroatoms. The van der Waals surface area contributed by atoms with Crippen molar-refractivity contribution in [1.29, 1.82) is 0 Å². The van der Waals surface area contributed by atoms with E-state index in [1.807, 2.05) is 0 Å². The molecule has 2 aromatic rings. The molecule has 0 amide bonds. The Morgan fingerprint density at radius 2 is 1.74 bits per heavy atom. The smallest absolute Gasteiger partial charge is 0.261 e. The third-order valence-corrected chi connectivity index (χ3v) is 4.85. The number of methoxy groups -OCH3 is 1. The van der Waals surface area contributed by atoms with Gasteiger partial charge >= 0.3 is 0 Å². The monoisotopic (exact) mass is 375 g/mol. The molecule has 0 saturated heterocycles. The summed E-state index contributed by atoms with van der Waals surface area (Å²) < 4.78 is 37.5. The van der Waals surface area contributed by atoms with Crippen molar-refractivity contribution in [2.45, 2.75) is 4.90 Å². The van der Waals surface area contributed by atoms with Crippen LogP contribution in [0.1, 0.15) is 0 Å². The predicted molar refractivity (Wildman–Crippen MR) is 91.1 cm³/mol. The predicted octanol–water partition coefficient (Wildman–Crippen LogP) is 3.82. The molecule has 0 aromatic heterocycles. The Morgan fingerprint density at radius 1 is 1.04 bits per heavy atom. The third kappa shape index (κ3) is 4.75. The molecule has 0 atom stereocenters. The first-order valence-corrected chi connectivity index (χ1v) is 8.86. The van der Waals surface area contributed by atoms with E-state index in [0.717, 1.165) is 0 Å². The molecule has 0 unspecified atom stereocenters. The van der Waals surface area contributed by atoms with Crippen LogP contribution in [0, 0.1) is 0 Å². The van der Waals surface area contributed by atoms with Crippen LogP contribution in [0.3, 0.4) is 0 Å². The molecule has 0 radical (unpaired) electrons. The minimum atomic E-state index is -3.75. The van der Waals surface area contributed by atoms with Gasteiger partial charge in [0.05, 0.1) is 27.2 Å². The van der Waals surface area contributed by atoms with Gasteiger partial charge in [0.2, 0.25) is 0 Å². The summed E-state index contributed by atoms with van der Waals surface area (Å²) in [5, 5.41) is 0.461. The Labute approximate surface area is 145 Å². The van der Waals surface area contributed by atoms with Crippen molar-refractivity contribution < 1.29 is 17.9 Å². The molecular weight excluding hydrogens is 361 g/mol. The van der Waals surface area contributed by atoms with Crippen LogP contribution in [0.5, 0.6) is 5.75 Å². The zero-order valence-electron chi connectivity index (χ0n) is 12.3. The molecule has 2 aromatic carbocycles. The summed E-state index contributed by atoms with van der Waals surface area (Å²) in [5.74, 6) is 0.318. The Kier molecular flexibility index (Phi) is 6.12. The normalized spacial score (nSPS) is 11.3. The second-order valence-electron chi connectivity index (χ2n) is 4.52. The van der Waals surface area contributed by atoms with Crippen LogP contribution in [0.4, 0.5) is 5.69 Å². The first-order valence-electron chi connectivity index (χ1n) is 6.62. The number of ether oxygens (including phenoxy) is 2. The first kappa shape index (κ1) is 17.9. The third-order valence-electron chi connectivity index (χ3n) is 2.86. The molecule has 1 N–H and O–H groups in total. The molecule has 0 aliphatic rings. The fourth-order valence-electron chi connectivity index (χ4n) is 1.76. The average Bonchev–Trinajstić information content (AvgIpc) is 2.52. The van der Waals surface area contributed by atoms with E-state index >= 15 is 0 Å². The van der Waals surface area contributed by atoms with Crippen molar-refractivity contribution in [2.24, 2.45) is 0 Å². The topological polar surface area (TPSA) is 64.6 Å². The summed E-state index contributed by atoms with van der Waals surface area (Å²) in [6, 6.07) is 10.9. The fraction of sp³-hybridized carbons (Fsp3) is 0.200. The van der Waals surface area contributed by atoms with E-state index < -0.39 is 10.0 Å². The van der Waals surface area contributed by atoms with Gasteiger partial charge in [0, 0.05) is 13.2 Å². The molecule has 5 nitrogen and oxygen atoms in total. The van der Waals surface area contributed by atoms with Gasteiger partial charge in [-0.05, 0) is 18.2 Å². The number of anilines is 1. The van der Waals surface area contributed by atoms with Gasteiger partial charge in [0.1, 0.15) is 12.4 Å². The second kappa shape index (κ2) is 7.88. The van der Waals surface area contributed by atoms with Crippen molar-refractivity contribution in [3.8, 4) is 5.75 Å². The van der Waals surface area contributed by atoms with Crippen molar-refractivity contribution in [3.05, 3.63) is 52.5 Å². The molecule has 0 aliphatic heterocycles. The highest BCUT2D eigenvalue weighted by Gasteiger charge is 2.17. The van der Waals surface area contributed by atoms with Crippen molar-refractivity contribution in [2.75, 3.05) is 25.0 Å². The summed E-state index contributed by atoms with van der Waals surface area (Å²) in [5.41, 5.74) is 0.187. The minimum Gasteiger partial charge on any atom is -0.490 e. The minimum absolute atomic E-state index is 0.132. The maximum absolute atomic E-state index is 12.3. The second-order valence-corrected chi connectivity index (χ2v) is 7.02. The van der Waals surface area contributed by atoms with Crippen LogP contribution in [0.25, 0.3) is 0 Å². The maximum atomic E-state index is 12.3. The molecule has 23 heavy (non-hydrogen) atoms. The average molecular weight is 376 g/mol. The van der Waals surface area contributed by atoms with Crippen LogP contribution < -0.4 is 9.46 Å². The molecule has 0 saturated carbocycles. The van der Waals surface area contributed by atoms with Gasteiger partial charge in [0.25, 0.3) is 10.0 Å². The Morgan fingerprint density at radius 3 is 2.39 bits per heavy atom. The Bertz CT molecular complexity index is 767. The SMILES string of the molecule is COCCOc1cc(NS(=O)(=O)c2ccccc2)c(Cl)cc1Cl. The van der Waals surface area contributed by atoms with E-state index in [2.05, 4.69) is 4.72 Å². The van der Waals surface area contributed by atoms with Gasteiger partial charge in [-0.15, -0.1) is 0 Å². The standard InChI is InChI=1S/C15H15Cl2NO4S/c1-21-7-8-22-15-10-14(12(16)9-13(15)17)18-23(19,20)11-5-3-2-4-6-11/h2-6,9-10,18H,7-8H2,1H3. The summed E-state index contributed by atoms with van der Waals surface area (Å²) >= 11 is 12.1. The largest absolute Gasteiger partial charge is 0.490 e. The lowest BCUT2D eigenvalue weighted by Crippen LogP contribution is -2.13. The van der Waals surface area contributed by atoms with Gasteiger partial charge < -0.3 is 9.47 Å². The van der Waals surface area contributed by atoms with E-state index in [0.29, 0.717) is 12.4 Å². The van der Waals surface area contributed by atoms with Crippen LogP contribution >= 0.6 is 23.2 Å². The molecule has 124 valence electrons. The number of benzene rings is 2. The zero-order chi connectivity index (χ0) is 16.9. The van der Waals surface area contributed by atoms with E-state index in [-0.39, 0.29) is 27.2 Å². The Balaban J connectivity index is 2.27. The van der Waals surface area contributed by atoms with Crippen molar-refractivity contribution >= 4 is 38.9 Å². The van der Waals surface area contributed by atoms with Crippen molar-refractivity contribution in [1.82, 2.24) is 0 Å². The van der Waals surface area contributed by atoms with Gasteiger partial charge in [-0.2, -0.15) is 0 Å². The number of halogens is 2. The molecule has 2 rings (SSSR count). The Hall–Kier alpha value is -1.47. The summed E-state index contributed by atoms with van der Waals surface area (Å²) in [6.45, 7) is 0.659. The van der Waals surface area contributed by atoms with Gasteiger partial charge in [0.15, 0.2) is 0 Å². The lowest BCUT2D eigenvalue weighted by Gasteiger charge is -2.13. The highest BCUT2D eigenvalue weighted by atomic mass is 35.5. The quantitative estimate of drug-likeness (QED) is 0.747. The van der Waals surface area contributed by atoms with E-state index in [9.17, 15) is 8.42 Å². The molecule has 0 heterocycles. The van der Waals surface area contributed by atoms with Crippen LogP contribution in [0.15, 0.2) is 47.4 Å². The van der Waals surface area contributed by atoms with Crippen LogP contribution in [-0.4, -0.2) is 28.7 Å². The van der Waals surface area contributed by atoms with Gasteiger partial charge in [-0.1, -0.05) is 41.4 Å². The molecule has 0 spiro atoms. The lowest BCUT2D eigenvalue weighted by atomic mass is 10.3. The van der Waals surface area contributed by atoms with Gasteiger partial charge in [-0.3, -0.25) is 4.72 Å². The number of rotatable bonds is 7. The summed E-state index contributed by atoms with van der Waals surface area (Å²) in [4.78, 5) is 0.132. The lowest BCUT2D eigenvalue weighted by molar-refractivity contribution is 0.146. The summed E-state index contributed by atoms with van der Waals surface area (Å²) in [7, 11) is -2.20. The zero-order valence-corrected chi connectivity index (χ0v) is 14.6. The number of sulfonamides is 1. The number of hydrogen-bond donors (Lipinski definition) is 1. The molecule has 0 fully saturated rings. The van der Waals surface area contributed by atoms with E-state index in [4.69, 9.17) is 32.7 Å². The molecule has 0 aliphatic carbocycles. The number of hydrogen-bond acceptors (Lipinski definition) is 4. The highest BCUT2D eigenvalue weighted by molar-refractivity contribution is 7.92. The van der Waals surface area contributed by atoms with Gasteiger partial charge in [-0.25, -0.2) is 8.42 Å². The number of nitrogens with one attached hydrogen (secondary N) is 1. The highest BCUT2D eigenvalue weighted by Crippen LogP contribution is 2.35. The van der Waals surface area contributed by atoms with Crippen molar-refractivity contribution in [3.63, 3.8) is 0 Å². The first-order chi connectivity index (χ1) is 10.9. The molecular formula is C15H15Cl2NO4S.